The van der Waals surface area contributed by atoms with E-state index in [2.05, 4.69) is 134 Å². The number of rotatable bonds is 3. The predicted octanol–water partition coefficient (Wildman–Crippen LogP) is 8.66. The van der Waals surface area contributed by atoms with Gasteiger partial charge in [0.1, 0.15) is 0 Å². The third kappa shape index (κ3) is 3.62. The standard InChI is InChI=1S/C41H33N3/c1-41(2)34-20-9-6-15-29(34)31-19-12-18-28(38(31)41)27-23-24-37-33(25-27)30-16-8-11-22-36(30)44(37)40-42-35-21-10-7-17-32(35)39(43-40)26-13-4-3-5-14-26/h3-6,8,11-19,21-25H,7,9-10,20H2,1-2H3. The van der Waals surface area contributed by atoms with Crippen LogP contribution >= 0.6 is 0 Å². The molecule has 0 spiro atoms. The van der Waals surface area contributed by atoms with Gasteiger partial charge in [-0.2, -0.15) is 0 Å². The Balaban J connectivity index is 1.28. The van der Waals surface area contributed by atoms with Gasteiger partial charge in [0.15, 0.2) is 0 Å². The molecule has 0 amide bonds. The van der Waals surface area contributed by atoms with Gasteiger partial charge in [-0.25, -0.2) is 9.97 Å². The molecule has 44 heavy (non-hydrogen) atoms. The molecule has 6 aromatic rings. The molecular weight excluding hydrogens is 534 g/mol. The quantitative estimate of drug-likeness (QED) is 0.214. The van der Waals surface area contributed by atoms with E-state index < -0.39 is 0 Å². The number of para-hydroxylation sites is 1. The van der Waals surface area contributed by atoms with Crippen molar-refractivity contribution in [3.63, 3.8) is 0 Å². The number of fused-ring (bicyclic) bond motifs is 6. The lowest BCUT2D eigenvalue weighted by Crippen LogP contribution is -2.34. The Hall–Kier alpha value is -5.02. The van der Waals surface area contributed by atoms with Gasteiger partial charge in [0.25, 0.3) is 0 Å². The lowest BCUT2D eigenvalue weighted by Gasteiger charge is -2.27. The highest BCUT2D eigenvalue weighted by molar-refractivity contribution is 6.10. The number of hydrogen-bond donors (Lipinski definition) is 0. The van der Waals surface area contributed by atoms with Crippen LogP contribution < -0.4 is 10.6 Å². The summed E-state index contributed by atoms with van der Waals surface area (Å²) in [5.74, 6) is 0.721. The zero-order valence-electron chi connectivity index (χ0n) is 25.1. The van der Waals surface area contributed by atoms with Gasteiger partial charge in [-0.1, -0.05) is 117 Å². The van der Waals surface area contributed by atoms with E-state index in [0.29, 0.717) is 0 Å². The van der Waals surface area contributed by atoms with Crippen molar-refractivity contribution in [2.75, 3.05) is 0 Å². The van der Waals surface area contributed by atoms with Crippen molar-refractivity contribution in [3.8, 4) is 28.3 Å². The fourth-order valence-electron chi connectivity index (χ4n) is 7.96. The van der Waals surface area contributed by atoms with Crippen molar-refractivity contribution >= 4 is 39.5 Å². The van der Waals surface area contributed by atoms with Crippen LogP contribution in [0.4, 0.5) is 0 Å². The Bertz CT molecular complexity index is 2350. The van der Waals surface area contributed by atoms with E-state index >= 15 is 0 Å². The molecule has 3 aliphatic carbocycles. The van der Waals surface area contributed by atoms with Crippen LogP contribution in [0.3, 0.4) is 0 Å². The van der Waals surface area contributed by atoms with Crippen LogP contribution in [0.5, 0.6) is 0 Å². The Morgan fingerprint density at radius 3 is 2.39 bits per heavy atom. The average Bonchev–Trinajstić information content (AvgIpc) is 3.53. The highest BCUT2D eigenvalue weighted by Crippen LogP contribution is 2.53. The molecule has 3 heteroatoms. The predicted molar refractivity (Wildman–Crippen MR) is 183 cm³/mol. The van der Waals surface area contributed by atoms with Crippen molar-refractivity contribution in [2.45, 2.75) is 44.9 Å². The maximum Gasteiger partial charge on any atom is 0.235 e. The van der Waals surface area contributed by atoms with E-state index in [9.17, 15) is 0 Å². The topological polar surface area (TPSA) is 30.7 Å². The van der Waals surface area contributed by atoms with Gasteiger partial charge in [-0.3, -0.25) is 4.57 Å². The zero-order valence-corrected chi connectivity index (χ0v) is 25.1. The van der Waals surface area contributed by atoms with E-state index in [1.54, 1.807) is 5.57 Å². The van der Waals surface area contributed by atoms with Gasteiger partial charge < -0.3 is 0 Å². The summed E-state index contributed by atoms with van der Waals surface area (Å²) in [6.45, 7) is 4.82. The minimum atomic E-state index is 0.00725. The van der Waals surface area contributed by atoms with Gasteiger partial charge in [0.2, 0.25) is 5.95 Å². The largest absolute Gasteiger partial charge is 0.278 e. The molecule has 3 aliphatic rings. The first-order chi connectivity index (χ1) is 21.6. The molecule has 2 aromatic heterocycles. The minimum absolute atomic E-state index is 0.00725. The molecule has 0 saturated heterocycles. The molecule has 0 N–H and O–H groups in total. The Kier molecular flexibility index (Phi) is 5.49. The lowest BCUT2D eigenvalue weighted by atomic mass is 9.76. The SMILES string of the molecule is CC1(C)C2=C(C=CCC2)c2cccc(-c3ccc4c(c3)c3ccccc3n4-c3nc(-c4ccccc4)c4c(n3)=CCCC=4)c21. The summed E-state index contributed by atoms with van der Waals surface area (Å²) in [5, 5.41) is 4.60. The highest BCUT2D eigenvalue weighted by Gasteiger charge is 2.39. The van der Waals surface area contributed by atoms with Crippen LogP contribution in [-0.4, -0.2) is 14.5 Å². The van der Waals surface area contributed by atoms with Gasteiger partial charge in [0.05, 0.1) is 22.1 Å². The molecule has 0 fully saturated rings. The van der Waals surface area contributed by atoms with Gasteiger partial charge in [0, 0.05) is 27.0 Å². The molecule has 0 radical (unpaired) electrons. The highest BCUT2D eigenvalue weighted by atomic mass is 15.2. The normalized spacial score (nSPS) is 16.4. The van der Waals surface area contributed by atoms with Crippen molar-refractivity contribution in [1.82, 2.24) is 14.5 Å². The summed E-state index contributed by atoms with van der Waals surface area (Å²) in [6.07, 6.45) is 13.5. The maximum atomic E-state index is 5.28. The Morgan fingerprint density at radius 1 is 0.682 bits per heavy atom. The summed E-state index contributed by atoms with van der Waals surface area (Å²) < 4.78 is 2.26. The van der Waals surface area contributed by atoms with Gasteiger partial charge in [-0.05, 0) is 71.7 Å². The fraction of sp³-hybridized carbons (Fsp3) is 0.171. The van der Waals surface area contributed by atoms with E-state index in [1.165, 1.54) is 38.6 Å². The summed E-state index contributed by atoms with van der Waals surface area (Å²) >= 11 is 0. The Labute approximate surface area is 257 Å². The molecule has 2 heterocycles. The number of benzene rings is 4. The molecule has 3 nitrogen and oxygen atoms in total. The average molecular weight is 568 g/mol. The van der Waals surface area contributed by atoms with Crippen LogP contribution in [0, 0.1) is 0 Å². The fourth-order valence-corrected chi connectivity index (χ4v) is 7.96. The van der Waals surface area contributed by atoms with Crippen LogP contribution in [0.2, 0.25) is 0 Å². The number of allylic oxidation sites excluding steroid dienone is 4. The first-order valence-corrected chi connectivity index (χ1v) is 15.8. The maximum absolute atomic E-state index is 5.28. The summed E-state index contributed by atoms with van der Waals surface area (Å²) in [7, 11) is 0. The number of hydrogen-bond acceptors (Lipinski definition) is 2. The Morgan fingerprint density at radius 2 is 1.48 bits per heavy atom. The van der Waals surface area contributed by atoms with E-state index in [1.807, 2.05) is 0 Å². The monoisotopic (exact) mass is 567 g/mol. The van der Waals surface area contributed by atoms with Crippen molar-refractivity contribution in [1.29, 1.82) is 0 Å². The van der Waals surface area contributed by atoms with E-state index in [0.717, 1.165) is 64.5 Å². The zero-order chi connectivity index (χ0) is 29.4. The summed E-state index contributed by atoms with van der Waals surface area (Å²) in [5.41, 5.74) is 12.8. The summed E-state index contributed by atoms with van der Waals surface area (Å²) in [4.78, 5) is 10.5. The first kappa shape index (κ1) is 25.5. The van der Waals surface area contributed by atoms with Crippen molar-refractivity contribution in [2.24, 2.45) is 0 Å². The van der Waals surface area contributed by atoms with Crippen molar-refractivity contribution in [3.05, 3.63) is 130 Å². The molecule has 0 unspecified atom stereocenters. The molecule has 0 saturated carbocycles. The molecule has 9 rings (SSSR count). The molecule has 0 bridgehead atoms. The van der Waals surface area contributed by atoms with Crippen molar-refractivity contribution < 1.29 is 0 Å². The second-order valence-corrected chi connectivity index (χ2v) is 12.8. The van der Waals surface area contributed by atoms with E-state index in [4.69, 9.17) is 9.97 Å². The molecule has 4 aromatic carbocycles. The molecule has 0 aliphatic heterocycles. The second kappa shape index (κ2) is 9.49. The molecule has 212 valence electrons. The van der Waals surface area contributed by atoms with Crippen LogP contribution in [0.25, 0.3) is 67.9 Å². The number of nitrogens with zero attached hydrogens (tertiary/aromatic N) is 3. The smallest absolute Gasteiger partial charge is 0.235 e. The van der Waals surface area contributed by atoms with E-state index in [-0.39, 0.29) is 5.41 Å². The molecular formula is C41H33N3. The summed E-state index contributed by atoms with van der Waals surface area (Å²) in [6, 6.07) is 33.0. The van der Waals surface area contributed by atoms with Crippen LogP contribution in [0.1, 0.15) is 50.7 Å². The molecule has 0 atom stereocenters. The van der Waals surface area contributed by atoms with Crippen LogP contribution in [-0.2, 0) is 5.41 Å². The second-order valence-electron chi connectivity index (χ2n) is 12.8. The van der Waals surface area contributed by atoms with Gasteiger partial charge in [-0.15, -0.1) is 0 Å². The number of aromatic nitrogens is 3. The third-order valence-corrected chi connectivity index (χ3v) is 9.95. The minimum Gasteiger partial charge on any atom is -0.278 e. The van der Waals surface area contributed by atoms with Gasteiger partial charge >= 0.3 is 0 Å². The first-order valence-electron chi connectivity index (χ1n) is 15.8. The van der Waals surface area contributed by atoms with Crippen LogP contribution in [0.15, 0.2) is 109 Å². The third-order valence-electron chi connectivity index (χ3n) is 9.95. The lowest BCUT2D eigenvalue weighted by molar-refractivity contribution is 0.609.